The van der Waals surface area contributed by atoms with Crippen LogP contribution < -0.4 is 5.32 Å². The Morgan fingerprint density at radius 2 is 1.78 bits per heavy atom. The van der Waals surface area contributed by atoms with Gasteiger partial charge in [-0.3, -0.25) is 9.59 Å². The lowest BCUT2D eigenvalue weighted by Crippen LogP contribution is -2.46. The van der Waals surface area contributed by atoms with Crippen molar-refractivity contribution in [2.75, 3.05) is 19.8 Å². The Bertz CT molecular complexity index is 419. The molecule has 0 spiro atoms. The molecule has 2 aliphatic carbocycles. The quantitative estimate of drug-likeness (QED) is 0.561. The number of hydrogen-bond donors (Lipinski definition) is 1. The number of amides is 1. The van der Waals surface area contributed by atoms with Gasteiger partial charge in [-0.25, -0.2) is 0 Å². The third kappa shape index (κ3) is 10.8. The summed E-state index contributed by atoms with van der Waals surface area (Å²) >= 11 is 0. The summed E-state index contributed by atoms with van der Waals surface area (Å²) in [4.78, 5) is 23.2. The lowest BCUT2D eigenvalue weighted by molar-refractivity contribution is -0.129. The van der Waals surface area contributed by atoms with Crippen molar-refractivity contribution in [2.24, 2.45) is 11.8 Å². The van der Waals surface area contributed by atoms with Crippen molar-refractivity contribution in [1.29, 1.82) is 0 Å². The lowest BCUT2D eigenvalue weighted by Gasteiger charge is -2.34. The largest absolute Gasteiger partial charge is 0.381 e. The zero-order valence-electron chi connectivity index (χ0n) is 17.9. The lowest BCUT2D eigenvalue weighted by atomic mass is 9.77. The molecule has 0 heterocycles. The van der Waals surface area contributed by atoms with Gasteiger partial charge in [0.25, 0.3) is 0 Å². The third-order valence-electron chi connectivity index (χ3n) is 5.36. The van der Waals surface area contributed by atoms with Crippen molar-refractivity contribution >= 4 is 11.7 Å². The first-order valence-corrected chi connectivity index (χ1v) is 11.0. The first-order chi connectivity index (χ1) is 13.0. The number of carbonyl (C=O) groups excluding carboxylic acids is 2. The summed E-state index contributed by atoms with van der Waals surface area (Å²) in [6.07, 6.45) is 9.67. The van der Waals surface area contributed by atoms with E-state index in [4.69, 9.17) is 9.47 Å². The number of carbonyl (C=O) groups is 2. The van der Waals surface area contributed by atoms with Crippen LogP contribution in [0, 0.1) is 11.8 Å². The molecule has 0 atom stereocenters. The number of hydrogen-bond acceptors (Lipinski definition) is 4. The van der Waals surface area contributed by atoms with E-state index in [1.807, 2.05) is 27.7 Å². The van der Waals surface area contributed by atoms with Gasteiger partial charge in [-0.1, -0.05) is 26.2 Å². The maximum atomic E-state index is 11.8. The van der Waals surface area contributed by atoms with Crippen molar-refractivity contribution < 1.29 is 20.5 Å². The molecule has 5 nitrogen and oxygen atoms in total. The molecule has 0 radical (unpaired) electrons. The molecule has 0 aromatic heterocycles. The van der Waals surface area contributed by atoms with Gasteiger partial charge in [-0.05, 0) is 52.4 Å². The molecule has 1 amide bonds. The van der Waals surface area contributed by atoms with E-state index in [9.17, 15) is 9.59 Å². The van der Waals surface area contributed by atoms with Crippen LogP contribution in [-0.2, 0) is 19.1 Å². The molecule has 2 rings (SSSR count). The highest BCUT2D eigenvalue weighted by Gasteiger charge is 2.33. The molecule has 2 aliphatic rings. The van der Waals surface area contributed by atoms with Crippen LogP contribution in [0.5, 0.6) is 0 Å². The van der Waals surface area contributed by atoms with Gasteiger partial charge in [0.15, 0.2) is 0 Å². The second-order valence-electron chi connectivity index (χ2n) is 8.09. The standard InChI is InChI=1S/C17H29NO3.C5H12O.H2/c1-2-16(19)14-10-15(11-14)18-17(20)8-9-21-12-13-6-4-3-5-7-13;1-4-6-5(2)3;/h13-15H,2-12H2,1H3,(H,18,20);5H,4H2,1-3H3;1H. The molecule has 0 saturated heterocycles. The van der Waals surface area contributed by atoms with Gasteiger partial charge in [-0.15, -0.1) is 0 Å². The van der Waals surface area contributed by atoms with Gasteiger partial charge in [0.2, 0.25) is 5.91 Å². The first kappa shape index (κ1) is 24.1. The van der Waals surface area contributed by atoms with Crippen LogP contribution in [0.1, 0.15) is 86.9 Å². The highest BCUT2D eigenvalue weighted by molar-refractivity contribution is 5.82. The molecular weight excluding hydrogens is 342 g/mol. The fraction of sp³-hybridized carbons (Fsp3) is 0.909. The number of nitrogens with one attached hydrogen (secondary N) is 1. The summed E-state index contributed by atoms with van der Waals surface area (Å²) in [5.74, 6) is 1.28. The second kappa shape index (κ2) is 14.1. The van der Waals surface area contributed by atoms with E-state index in [1.165, 1.54) is 32.1 Å². The maximum Gasteiger partial charge on any atom is 0.222 e. The van der Waals surface area contributed by atoms with Crippen LogP contribution in [0.25, 0.3) is 0 Å². The minimum Gasteiger partial charge on any atom is -0.381 e. The van der Waals surface area contributed by atoms with Gasteiger partial charge in [0.1, 0.15) is 5.78 Å². The van der Waals surface area contributed by atoms with Crippen LogP contribution in [0.15, 0.2) is 0 Å². The van der Waals surface area contributed by atoms with E-state index < -0.39 is 0 Å². The smallest absolute Gasteiger partial charge is 0.222 e. The average molecular weight is 386 g/mol. The van der Waals surface area contributed by atoms with Crippen LogP contribution >= 0.6 is 0 Å². The van der Waals surface area contributed by atoms with Crippen LogP contribution in [0.2, 0.25) is 0 Å². The van der Waals surface area contributed by atoms with E-state index in [0.29, 0.717) is 37.3 Å². The summed E-state index contributed by atoms with van der Waals surface area (Å²) in [5, 5.41) is 2.99. The van der Waals surface area contributed by atoms with E-state index in [0.717, 1.165) is 26.1 Å². The number of ether oxygens (including phenoxy) is 2. The average Bonchev–Trinajstić information content (AvgIpc) is 2.62. The van der Waals surface area contributed by atoms with Crippen LogP contribution in [0.3, 0.4) is 0 Å². The van der Waals surface area contributed by atoms with Crippen molar-refractivity contribution in [3.05, 3.63) is 0 Å². The van der Waals surface area contributed by atoms with Gasteiger partial charge < -0.3 is 14.8 Å². The molecule has 0 unspecified atom stereocenters. The van der Waals surface area contributed by atoms with Crippen LogP contribution in [0.4, 0.5) is 0 Å². The molecule has 27 heavy (non-hydrogen) atoms. The van der Waals surface area contributed by atoms with Gasteiger partial charge >= 0.3 is 0 Å². The normalized spacial score (nSPS) is 22.6. The maximum absolute atomic E-state index is 11.8. The third-order valence-corrected chi connectivity index (χ3v) is 5.36. The molecule has 2 fully saturated rings. The number of rotatable bonds is 10. The Hall–Kier alpha value is -0.940. The monoisotopic (exact) mass is 385 g/mol. The Balaban J connectivity index is 0.000000910. The van der Waals surface area contributed by atoms with Crippen molar-refractivity contribution in [2.45, 2.75) is 97.6 Å². The molecular formula is C22H43NO4. The summed E-state index contributed by atoms with van der Waals surface area (Å²) in [7, 11) is 0. The summed E-state index contributed by atoms with van der Waals surface area (Å²) in [6, 6.07) is 0.205. The zero-order valence-corrected chi connectivity index (χ0v) is 17.9. The SMILES string of the molecule is CCC(=O)C1CC(NC(=O)CCOCC2CCCCC2)C1.CCOC(C)C.[HH]. The van der Waals surface area contributed by atoms with Crippen molar-refractivity contribution in [3.63, 3.8) is 0 Å². The molecule has 2 saturated carbocycles. The predicted octanol–water partition coefficient (Wildman–Crippen LogP) is 4.52. The molecule has 1 N–H and O–H groups in total. The number of Topliss-reactive ketones (excluding diaryl/α,β-unsaturated/α-hetero) is 1. The Labute approximate surface area is 167 Å². The zero-order chi connectivity index (χ0) is 20.1. The van der Waals surface area contributed by atoms with Crippen molar-refractivity contribution in [3.8, 4) is 0 Å². The first-order valence-electron chi connectivity index (χ1n) is 11.0. The summed E-state index contributed by atoms with van der Waals surface area (Å²) in [5.41, 5.74) is 0. The van der Waals surface area contributed by atoms with Gasteiger partial charge in [0.05, 0.1) is 12.7 Å². The fourth-order valence-corrected chi connectivity index (χ4v) is 3.69. The Morgan fingerprint density at radius 3 is 2.30 bits per heavy atom. The molecule has 0 aromatic rings. The molecule has 5 heteroatoms. The van der Waals surface area contributed by atoms with E-state index in [1.54, 1.807) is 0 Å². The molecule has 0 aromatic carbocycles. The summed E-state index contributed by atoms with van der Waals surface area (Å²) in [6.45, 7) is 10.1. The second-order valence-corrected chi connectivity index (χ2v) is 8.09. The highest BCUT2D eigenvalue weighted by Crippen LogP contribution is 2.29. The summed E-state index contributed by atoms with van der Waals surface area (Å²) < 4.78 is 10.7. The van der Waals surface area contributed by atoms with Gasteiger partial charge in [0, 0.05) is 39.4 Å². The topological polar surface area (TPSA) is 64.6 Å². The fourth-order valence-electron chi connectivity index (χ4n) is 3.69. The minimum absolute atomic E-state index is 0. The van der Waals surface area contributed by atoms with E-state index in [-0.39, 0.29) is 19.3 Å². The molecule has 160 valence electrons. The Morgan fingerprint density at radius 1 is 1.11 bits per heavy atom. The molecule has 0 aliphatic heterocycles. The Kier molecular flexibility index (Phi) is 12.6. The van der Waals surface area contributed by atoms with E-state index in [2.05, 4.69) is 5.32 Å². The van der Waals surface area contributed by atoms with Crippen LogP contribution in [-0.4, -0.2) is 43.7 Å². The molecule has 0 bridgehead atoms. The van der Waals surface area contributed by atoms with Gasteiger partial charge in [-0.2, -0.15) is 0 Å². The minimum atomic E-state index is 0. The van der Waals surface area contributed by atoms with E-state index >= 15 is 0 Å². The number of ketones is 1. The predicted molar refractivity (Wildman–Crippen MR) is 111 cm³/mol. The van der Waals surface area contributed by atoms with Crippen molar-refractivity contribution in [1.82, 2.24) is 5.32 Å². The highest BCUT2D eigenvalue weighted by atomic mass is 16.5.